The Bertz CT molecular complexity index is 1350. The first-order valence-electron chi connectivity index (χ1n) is 12.0. The Morgan fingerprint density at radius 3 is 2.83 bits per heavy atom. The van der Waals surface area contributed by atoms with E-state index in [2.05, 4.69) is 29.9 Å². The molecule has 0 unspecified atom stereocenters. The highest BCUT2D eigenvalue weighted by Gasteiger charge is 2.57. The van der Waals surface area contributed by atoms with E-state index in [-0.39, 0.29) is 5.91 Å². The van der Waals surface area contributed by atoms with E-state index >= 15 is 0 Å². The summed E-state index contributed by atoms with van der Waals surface area (Å²) in [5, 5.41) is 4.25. The molecule has 0 radical (unpaired) electrons. The normalized spacial score (nSPS) is 21.7. The van der Waals surface area contributed by atoms with Crippen LogP contribution in [-0.4, -0.2) is 57.8 Å². The molecule has 2 amide bonds. The molecule has 8 nitrogen and oxygen atoms in total. The van der Waals surface area contributed by atoms with Gasteiger partial charge in [-0.15, -0.1) is 11.3 Å². The number of amides is 2. The lowest BCUT2D eigenvalue weighted by Gasteiger charge is -2.23. The Labute approximate surface area is 208 Å². The maximum atomic E-state index is 13.6. The number of imide groups is 1. The summed E-state index contributed by atoms with van der Waals surface area (Å²) in [5.74, 6) is 0.753. The first-order chi connectivity index (χ1) is 16.9. The SMILES string of the molecule is Cc1sc2c(c1C)OCCN(CCN1C(=O)O[C@]3(CCc4cc(-c5cnn(C)c5)ccc43)C1=O)C2. The highest BCUT2D eigenvalue weighted by atomic mass is 32.1. The third-order valence-electron chi connectivity index (χ3n) is 7.46. The molecule has 1 saturated heterocycles. The Morgan fingerprint density at radius 1 is 1.17 bits per heavy atom. The van der Waals surface area contributed by atoms with E-state index in [9.17, 15) is 9.59 Å². The van der Waals surface area contributed by atoms with Crippen molar-refractivity contribution in [1.29, 1.82) is 0 Å². The summed E-state index contributed by atoms with van der Waals surface area (Å²) in [7, 11) is 1.89. The van der Waals surface area contributed by atoms with Crippen molar-refractivity contribution in [2.75, 3.05) is 26.2 Å². The first kappa shape index (κ1) is 22.3. The Balaban J connectivity index is 1.18. The average molecular weight is 493 g/mol. The predicted molar refractivity (Wildman–Crippen MR) is 131 cm³/mol. The molecule has 2 aromatic heterocycles. The summed E-state index contributed by atoms with van der Waals surface area (Å²) in [5.41, 5.74) is 3.94. The van der Waals surface area contributed by atoms with Crippen LogP contribution in [0.3, 0.4) is 0 Å². The first-order valence-corrected chi connectivity index (χ1v) is 12.8. The number of aryl methyl sites for hydroxylation is 3. The Hall–Kier alpha value is -3.17. The number of aromatic nitrogens is 2. The molecule has 1 aliphatic carbocycles. The fourth-order valence-electron chi connectivity index (χ4n) is 5.42. The van der Waals surface area contributed by atoms with Gasteiger partial charge in [-0.05, 0) is 31.4 Å². The zero-order valence-electron chi connectivity index (χ0n) is 20.2. The van der Waals surface area contributed by atoms with Crippen LogP contribution in [0, 0.1) is 13.8 Å². The van der Waals surface area contributed by atoms with Crippen molar-refractivity contribution >= 4 is 23.3 Å². The molecule has 1 aromatic carbocycles. The summed E-state index contributed by atoms with van der Waals surface area (Å²) < 4.78 is 13.6. The number of carbonyl (C=O) groups is 2. The minimum atomic E-state index is -1.20. The van der Waals surface area contributed by atoms with Crippen molar-refractivity contribution < 1.29 is 19.1 Å². The quantitative estimate of drug-likeness (QED) is 0.552. The summed E-state index contributed by atoms with van der Waals surface area (Å²) in [6.45, 7) is 7.21. The molecule has 1 atom stereocenters. The van der Waals surface area contributed by atoms with Gasteiger partial charge in [-0.2, -0.15) is 5.10 Å². The van der Waals surface area contributed by atoms with Gasteiger partial charge in [-0.3, -0.25) is 14.4 Å². The summed E-state index contributed by atoms with van der Waals surface area (Å²) in [4.78, 5) is 32.5. The number of benzene rings is 1. The van der Waals surface area contributed by atoms with Crippen LogP contribution in [0.15, 0.2) is 30.6 Å². The second-order valence-corrected chi connectivity index (χ2v) is 10.9. The number of nitrogens with zero attached hydrogens (tertiary/aromatic N) is 4. The van der Waals surface area contributed by atoms with E-state index in [1.165, 1.54) is 20.2 Å². The zero-order chi connectivity index (χ0) is 24.3. The lowest BCUT2D eigenvalue weighted by atomic mass is 9.93. The molecule has 1 fully saturated rings. The third kappa shape index (κ3) is 3.56. The number of fused-ring (bicyclic) bond motifs is 3. The average Bonchev–Trinajstić information content (AvgIpc) is 3.52. The molecule has 6 rings (SSSR count). The number of hydrogen-bond donors (Lipinski definition) is 0. The van der Waals surface area contributed by atoms with Crippen LogP contribution in [0.4, 0.5) is 4.79 Å². The van der Waals surface area contributed by atoms with E-state index in [1.54, 1.807) is 16.0 Å². The molecule has 3 aliphatic rings. The smallest absolute Gasteiger partial charge is 0.418 e. The van der Waals surface area contributed by atoms with Gasteiger partial charge in [0.15, 0.2) is 0 Å². The van der Waals surface area contributed by atoms with Crippen molar-refractivity contribution in [2.45, 2.75) is 38.8 Å². The Morgan fingerprint density at radius 2 is 2.03 bits per heavy atom. The van der Waals surface area contributed by atoms with Crippen LogP contribution in [0.2, 0.25) is 0 Å². The molecule has 3 aromatic rings. The molecule has 35 heavy (non-hydrogen) atoms. The van der Waals surface area contributed by atoms with Crippen LogP contribution >= 0.6 is 11.3 Å². The second kappa shape index (κ2) is 8.20. The largest absolute Gasteiger partial charge is 0.491 e. The minimum Gasteiger partial charge on any atom is -0.491 e. The van der Waals surface area contributed by atoms with E-state index in [0.717, 1.165) is 41.1 Å². The summed E-state index contributed by atoms with van der Waals surface area (Å²) in [6, 6.07) is 6.01. The van der Waals surface area contributed by atoms with E-state index in [4.69, 9.17) is 9.47 Å². The van der Waals surface area contributed by atoms with Crippen molar-refractivity contribution in [3.8, 4) is 16.9 Å². The van der Waals surface area contributed by atoms with Crippen molar-refractivity contribution in [2.24, 2.45) is 7.05 Å². The van der Waals surface area contributed by atoms with Gasteiger partial charge in [-0.1, -0.05) is 18.2 Å². The molecule has 0 N–H and O–H groups in total. The van der Waals surface area contributed by atoms with Crippen LogP contribution in [0.1, 0.15) is 32.9 Å². The minimum absolute atomic E-state index is 0.245. The number of ether oxygens (including phenoxy) is 2. The molecule has 1 spiro atoms. The molecule has 182 valence electrons. The van der Waals surface area contributed by atoms with Crippen LogP contribution < -0.4 is 4.74 Å². The van der Waals surface area contributed by atoms with Crippen molar-refractivity contribution in [3.63, 3.8) is 0 Å². The van der Waals surface area contributed by atoms with Crippen molar-refractivity contribution in [3.05, 3.63) is 57.0 Å². The lowest BCUT2D eigenvalue weighted by molar-refractivity contribution is -0.137. The highest BCUT2D eigenvalue weighted by molar-refractivity contribution is 7.12. The monoisotopic (exact) mass is 492 g/mol. The fourth-order valence-corrected chi connectivity index (χ4v) is 6.59. The number of thiophene rings is 1. The fraction of sp³-hybridized carbons (Fsp3) is 0.423. The van der Waals surface area contributed by atoms with Gasteiger partial charge in [0, 0.05) is 67.4 Å². The zero-order valence-corrected chi connectivity index (χ0v) is 21.0. The van der Waals surface area contributed by atoms with Crippen LogP contribution in [0.5, 0.6) is 5.75 Å². The van der Waals surface area contributed by atoms with E-state index < -0.39 is 11.7 Å². The topological polar surface area (TPSA) is 76.9 Å². The Kier molecular flexibility index (Phi) is 5.23. The van der Waals surface area contributed by atoms with Crippen LogP contribution in [0.25, 0.3) is 11.1 Å². The molecular weight excluding hydrogens is 464 g/mol. The van der Waals surface area contributed by atoms with Gasteiger partial charge < -0.3 is 9.47 Å². The molecule has 0 saturated carbocycles. The summed E-state index contributed by atoms with van der Waals surface area (Å²) in [6.07, 6.45) is 4.41. The van der Waals surface area contributed by atoms with E-state index in [0.29, 0.717) is 32.5 Å². The molecule has 2 aliphatic heterocycles. The maximum Gasteiger partial charge on any atom is 0.418 e. The number of rotatable bonds is 4. The molecule has 4 heterocycles. The van der Waals surface area contributed by atoms with E-state index in [1.807, 2.05) is 31.6 Å². The second-order valence-electron chi connectivity index (χ2n) is 9.59. The highest BCUT2D eigenvalue weighted by Crippen LogP contribution is 2.46. The number of hydrogen-bond acceptors (Lipinski definition) is 7. The van der Waals surface area contributed by atoms with Crippen LogP contribution in [-0.2, 0) is 35.1 Å². The van der Waals surface area contributed by atoms with Gasteiger partial charge in [0.1, 0.15) is 12.4 Å². The third-order valence-corrected chi connectivity index (χ3v) is 8.63. The van der Waals surface area contributed by atoms with Gasteiger partial charge >= 0.3 is 6.09 Å². The lowest BCUT2D eigenvalue weighted by Crippen LogP contribution is -2.41. The maximum absolute atomic E-state index is 13.6. The van der Waals surface area contributed by atoms with Gasteiger partial charge in [0.25, 0.3) is 5.91 Å². The molecule has 9 heteroatoms. The number of carbonyl (C=O) groups excluding carboxylic acids is 2. The summed E-state index contributed by atoms with van der Waals surface area (Å²) >= 11 is 1.76. The van der Waals surface area contributed by atoms with Gasteiger partial charge in [0.2, 0.25) is 5.60 Å². The van der Waals surface area contributed by atoms with Gasteiger partial charge in [0.05, 0.1) is 11.1 Å². The predicted octanol–water partition coefficient (Wildman–Crippen LogP) is 3.78. The standard InChI is InChI=1S/C26H28N4O4S/c1-16-17(2)35-22-15-29(10-11-33-23(16)22)8-9-30-24(31)26(34-25(30)32)7-6-19-12-18(4-5-21(19)26)20-13-27-28(3)14-20/h4-5,12-14H,6-11,15H2,1-3H3/t26-/m0/s1. The van der Waals surface area contributed by atoms with Crippen molar-refractivity contribution in [1.82, 2.24) is 19.6 Å². The molecular formula is C26H28N4O4S. The molecule has 0 bridgehead atoms. The van der Waals surface area contributed by atoms with Gasteiger partial charge in [-0.25, -0.2) is 9.69 Å².